The molecule has 13 heteroatoms. The number of carbonyl (C=O) groups excluding carboxylic acids is 1. The Labute approximate surface area is 212 Å². The van der Waals surface area contributed by atoms with Crippen molar-refractivity contribution in [1.29, 1.82) is 0 Å². The molecule has 1 aliphatic rings. The second kappa shape index (κ2) is 10.0. The predicted molar refractivity (Wildman–Crippen MR) is 136 cm³/mol. The van der Waals surface area contributed by atoms with E-state index in [-0.39, 0.29) is 21.4 Å². The molecule has 36 heavy (non-hydrogen) atoms. The van der Waals surface area contributed by atoms with Gasteiger partial charge in [0, 0.05) is 24.8 Å². The first kappa shape index (κ1) is 23.9. The average Bonchev–Trinajstić information content (AvgIpc) is 3.31. The largest absolute Gasteiger partial charge is 0.378 e. The van der Waals surface area contributed by atoms with Crippen LogP contribution < -0.4 is 20.5 Å². The Bertz CT molecular complexity index is 1490. The molecule has 0 spiro atoms. The molecule has 4 aromatic rings. The van der Waals surface area contributed by atoms with Crippen LogP contribution in [0.3, 0.4) is 0 Å². The van der Waals surface area contributed by atoms with Crippen molar-refractivity contribution in [1.82, 2.24) is 20.0 Å². The van der Waals surface area contributed by atoms with E-state index in [9.17, 15) is 13.2 Å². The molecule has 11 nitrogen and oxygen atoms in total. The lowest BCUT2D eigenvalue weighted by Crippen LogP contribution is -2.36. The van der Waals surface area contributed by atoms with Crippen LogP contribution in [0, 0.1) is 0 Å². The van der Waals surface area contributed by atoms with Crippen molar-refractivity contribution in [2.45, 2.75) is 4.90 Å². The van der Waals surface area contributed by atoms with E-state index >= 15 is 0 Å². The number of hydrogen-bond acceptors (Lipinski definition) is 8. The number of anilines is 3. The highest BCUT2D eigenvalue weighted by Gasteiger charge is 2.23. The lowest BCUT2D eigenvalue weighted by Gasteiger charge is -2.30. The van der Waals surface area contributed by atoms with Crippen LogP contribution >= 0.6 is 11.6 Å². The van der Waals surface area contributed by atoms with E-state index in [1.54, 1.807) is 35.0 Å². The summed E-state index contributed by atoms with van der Waals surface area (Å²) < 4.78 is 36.2. The minimum atomic E-state index is -4.11. The molecule has 0 unspecified atom stereocenters. The summed E-state index contributed by atoms with van der Waals surface area (Å²) in [7, 11) is -4.11. The summed E-state index contributed by atoms with van der Waals surface area (Å²) in [6, 6.07) is 16.5. The molecule has 2 aromatic carbocycles. The van der Waals surface area contributed by atoms with Crippen LogP contribution in [0.5, 0.6) is 0 Å². The number of hydrazine groups is 1. The van der Waals surface area contributed by atoms with Gasteiger partial charge in [0.2, 0.25) is 0 Å². The normalized spacial score (nSPS) is 14.0. The summed E-state index contributed by atoms with van der Waals surface area (Å²) in [5.41, 5.74) is 6.92. The molecule has 0 saturated carbocycles. The molecule has 186 valence electrons. The monoisotopic (exact) mass is 527 g/mol. The van der Waals surface area contributed by atoms with E-state index in [1.165, 1.54) is 18.2 Å². The summed E-state index contributed by atoms with van der Waals surface area (Å²) in [6.07, 6.45) is 1.72. The molecule has 0 bridgehead atoms. The van der Waals surface area contributed by atoms with E-state index in [2.05, 4.69) is 25.7 Å². The molecule has 0 aliphatic carbocycles. The third-order valence-electron chi connectivity index (χ3n) is 5.51. The maximum absolute atomic E-state index is 13.3. The van der Waals surface area contributed by atoms with Gasteiger partial charge >= 0.3 is 0 Å². The van der Waals surface area contributed by atoms with Crippen LogP contribution in [0.15, 0.2) is 71.8 Å². The van der Waals surface area contributed by atoms with Crippen molar-refractivity contribution in [2.75, 3.05) is 41.4 Å². The third-order valence-corrected chi connectivity index (χ3v) is 7.36. The Morgan fingerprint density at radius 2 is 1.81 bits per heavy atom. The number of morpholine rings is 1. The van der Waals surface area contributed by atoms with Crippen LogP contribution in [0.1, 0.15) is 10.4 Å². The van der Waals surface area contributed by atoms with Gasteiger partial charge in [-0.3, -0.25) is 20.4 Å². The van der Waals surface area contributed by atoms with Gasteiger partial charge in [0.1, 0.15) is 4.90 Å². The number of benzene rings is 2. The van der Waals surface area contributed by atoms with Crippen molar-refractivity contribution in [3.8, 4) is 0 Å². The average molecular weight is 528 g/mol. The second-order valence-electron chi connectivity index (χ2n) is 7.89. The Balaban J connectivity index is 1.34. The Morgan fingerprint density at radius 1 is 1.03 bits per heavy atom. The van der Waals surface area contributed by atoms with Gasteiger partial charge in [-0.2, -0.15) is 4.98 Å². The summed E-state index contributed by atoms with van der Waals surface area (Å²) in [4.78, 5) is 18.8. The summed E-state index contributed by atoms with van der Waals surface area (Å²) in [5, 5.41) is 4.17. The van der Waals surface area contributed by atoms with E-state index < -0.39 is 15.9 Å². The minimum Gasteiger partial charge on any atom is -0.378 e. The van der Waals surface area contributed by atoms with E-state index in [0.717, 1.165) is 5.69 Å². The highest BCUT2D eigenvalue weighted by Crippen LogP contribution is 2.31. The van der Waals surface area contributed by atoms with Crippen LogP contribution in [0.4, 0.5) is 17.3 Å². The van der Waals surface area contributed by atoms with Gasteiger partial charge in [-0.1, -0.05) is 29.8 Å². The van der Waals surface area contributed by atoms with Crippen molar-refractivity contribution >= 4 is 50.5 Å². The van der Waals surface area contributed by atoms with E-state index in [0.29, 0.717) is 37.6 Å². The summed E-state index contributed by atoms with van der Waals surface area (Å²) in [6.45, 7) is 2.40. The summed E-state index contributed by atoms with van der Waals surface area (Å²) in [5.74, 6) is -0.409. The van der Waals surface area contributed by atoms with Gasteiger partial charge in [-0.15, -0.1) is 5.10 Å². The van der Waals surface area contributed by atoms with Crippen LogP contribution in [-0.2, 0) is 14.8 Å². The Morgan fingerprint density at radius 3 is 2.61 bits per heavy atom. The topological polar surface area (TPSA) is 130 Å². The van der Waals surface area contributed by atoms with Gasteiger partial charge in [-0.25, -0.2) is 12.9 Å². The molecular weight excluding hydrogens is 506 g/mol. The summed E-state index contributed by atoms with van der Waals surface area (Å²) >= 11 is 6.24. The zero-order chi connectivity index (χ0) is 25.1. The molecular formula is C23H22ClN7O4S. The lowest BCUT2D eigenvalue weighted by atomic mass is 10.2. The van der Waals surface area contributed by atoms with Crippen molar-refractivity contribution < 1.29 is 17.9 Å². The molecule has 1 aliphatic heterocycles. The van der Waals surface area contributed by atoms with Gasteiger partial charge in [0.25, 0.3) is 21.9 Å². The SMILES string of the molecule is O=C(NNc1nc2ccccn2n1)c1ccc(Cl)c(S(=O)(=O)Nc2ccccc2N2CCOCC2)c1. The van der Waals surface area contributed by atoms with Crippen LogP contribution in [-0.4, -0.2) is 55.2 Å². The van der Waals surface area contributed by atoms with E-state index in [4.69, 9.17) is 16.3 Å². The van der Waals surface area contributed by atoms with Crippen molar-refractivity contribution in [3.05, 3.63) is 77.4 Å². The number of ether oxygens (including phenoxy) is 1. The number of carbonyl (C=O) groups is 1. The van der Waals surface area contributed by atoms with Gasteiger partial charge in [0.15, 0.2) is 5.65 Å². The molecule has 0 atom stereocenters. The fourth-order valence-electron chi connectivity index (χ4n) is 3.76. The molecule has 1 amide bonds. The van der Waals surface area contributed by atoms with Gasteiger partial charge < -0.3 is 9.64 Å². The number of nitrogens with zero attached hydrogens (tertiary/aromatic N) is 4. The van der Waals surface area contributed by atoms with Crippen LogP contribution in [0.2, 0.25) is 5.02 Å². The quantitative estimate of drug-likeness (QED) is 0.313. The minimum absolute atomic E-state index is 0.0159. The molecule has 3 N–H and O–H groups in total. The highest BCUT2D eigenvalue weighted by molar-refractivity contribution is 7.92. The number of rotatable bonds is 7. The number of para-hydroxylation sites is 2. The lowest BCUT2D eigenvalue weighted by molar-refractivity contribution is 0.0962. The first-order valence-corrected chi connectivity index (χ1v) is 12.9. The molecule has 5 rings (SSSR count). The maximum atomic E-state index is 13.3. The standard InChI is InChI=1S/C23H22ClN7O4S/c24-17-9-8-16(22(32)26-27-23-25-21-7-3-4-10-31(21)28-23)15-20(17)36(33,34)29-18-5-1-2-6-19(18)30-11-13-35-14-12-30/h1-10,15,29H,11-14H2,(H,26,32)(H,27,28). The van der Waals surface area contributed by atoms with Crippen molar-refractivity contribution in [3.63, 3.8) is 0 Å². The highest BCUT2D eigenvalue weighted by atomic mass is 35.5. The number of nitrogens with one attached hydrogen (secondary N) is 3. The molecule has 1 saturated heterocycles. The number of pyridine rings is 1. The third kappa shape index (κ3) is 5.05. The number of sulfonamides is 1. The first-order chi connectivity index (χ1) is 17.4. The van der Waals surface area contributed by atoms with Gasteiger partial charge in [-0.05, 0) is 42.5 Å². The maximum Gasteiger partial charge on any atom is 0.269 e. The molecule has 3 heterocycles. The molecule has 0 radical (unpaired) electrons. The number of hydrogen-bond donors (Lipinski definition) is 3. The number of amides is 1. The smallest absolute Gasteiger partial charge is 0.269 e. The number of fused-ring (bicyclic) bond motifs is 1. The zero-order valence-electron chi connectivity index (χ0n) is 18.9. The predicted octanol–water partition coefficient (Wildman–Crippen LogP) is 2.78. The molecule has 2 aromatic heterocycles. The Hall–Kier alpha value is -3.87. The zero-order valence-corrected chi connectivity index (χ0v) is 20.5. The van der Waals surface area contributed by atoms with Gasteiger partial charge in [0.05, 0.1) is 29.6 Å². The second-order valence-corrected chi connectivity index (χ2v) is 9.94. The fourth-order valence-corrected chi connectivity index (χ4v) is 5.36. The first-order valence-electron chi connectivity index (χ1n) is 11.0. The number of halogens is 1. The van der Waals surface area contributed by atoms with Crippen LogP contribution in [0.25, 0.3) is 5.65 Å². The van der Waals surface area contributed by atoms with E-state index in [1.807, 2.05) is 23.1 Å². The van der Waals surface area contributed by atoms with Crippen molar-refractivity contribution in [2.24, 2.45) is 0 Å². The molecule has 1 fully saturated rings. The number of aromatic nitrogens is 3. The Kier molecular flexibility index (Phi) is 6.63. The fraction of sp³-hybridized carbons (Fsp3) is 0.174.